The third-order valence-electron chi connectivity index (χ3n) is 3.66. The molecule has 1 heteroatoms. The minimum atomic E-state index is 0.296. The quantitative estimate of drug-likeness (QED) is 0.530. The predicted octanol–water partition coefficient (Wildman–Crippen LogP) is 4.70. The van der Waals surface area contributed by atoms with Crippen molar-refractivity contribution in [1.29, 1.82) is 0 Å². The molecule has 0 unspecified atom stereocenters. The van der Waals surface area contributed by atoms with Gasteiger partial charge in [-0.15, -0.1) is 0 Å². The van der Waals surface area contributed by atoms with Crippen LogP contribution in [0.15, 0.2) is 0 Å². The van der Waals surface area contributed by atoms with Crippen molar-refractivity contribution in [3.8, 4) is 0 Å². The molecule has 90 valence electrons. The maximum Gasteiger partial charge on any atom is 0.0683 e. The Kier molecular flexibility index (Phi) is 6.31. The van der Waals surface area contributed by atoms with Gasteiger partial charge in [-0.25, -0.2) is 0 Å². The molecule has 0 N–H and O–H groups in total. The molecule has 0 saturated carbocycles. The van der Waals surface area contributed by atoms with E-state index in [1.165, 1.54) is 64.2 Å². The van der Waals surface area contributed by atoms with Gasteiger partial charge in [0.1, 0.15) is 0 Å². The normalized spacial score (nSPS) is 19.6. The fourth-order valence-corrected chi connectivity index (χ4v) is 2.67. The van der Waals surface area contributed by atoms with Crippen molar-refractivity contribution in [3.05, 3.63) is 0 Å². The molecule has 0 aromatic rings. The Morgan fingerprint density at radius 2 is 1.53 bits per heavy atom. The van der Waals surface area contributed by atoms with Crippen LogP contribution in [0.1, 0.15) is 78.1 Å². The standard InChI is InChI=1S/C14H28O/c1-3-5-7-10-14(11-8-6-4-2)12-9-13-15-14/h3-13H2,1-2H3. The summed E-state index contributed by atoms with van der Waals surface area (Å²) in [4.78, 5) is 0. The van der Waals surface area contributed by atoms with Gasteiger partial charge >= 0.3 is 0 Å². The fourth-order valence-electron chi connectivity index (χ4n) is 2.67. The van der Waals surface area contributed by atoms with Crippen LogP contribution >= 0.6 is 0 Å². The molecule has 0 aliphatic carbocycles. The summed E-state index contributed by atoms with van der Waals surface area (Å²) >= 11 is 0. The third-order valence-corrected chi connectivity index (χ3v) is 3.66. The molecule has 1 nitrogen and oxygen atoms in total. The lowest BCUT2D eigenvalue weighted by atomic mass is 9.87. The first kappa shape index (κ1) is 13.0. The number of hydrogen-bond donors (Lipinski definition) is 0. The smallest absolute Gasteiger partial charge is 0.0683 e. The highest BCUT2D eigenvalue weighted by atomic mass is 16.5. The lowest BCUT2D eigenvalue weighted by Gasteiger charge is -2.28. The summed E-state index contributed by atoms with van der Waals surface area (Å²) in [6, 6.07) is 0. The summed E-state index contributed by atoms with van der Waals surface area (Å²) in [5.74, 6) is 0. The van der Waals surface area contributed by atoms with Crippen LogP contribution < -0.4 is 0 Å². The first-order valence-electron chi connectivity index (χ1n) is 6.97. The molecule has 15 heavy (non-hydrogen) atoms. The summed E-state index contributed by atoms with van der Waals surface area (Å²) in [5, 5.41) is 0. The first-order valence-corrected chi connectivity index (χ1v) is 6.97. The minimum Gasteiger partial charge on any atom is -0.375 e. The maximum absolute atomic E-state index is 6.03. The Hall–Kier alpha value is -0.0400. The lowest BCUT2D eigenvalue weighted by Crippen LogP contribution is -2.27. The second kappa shape index (κ2) is 7.27. The minimum absolute atomic E-state index is 0.296. The highest BCUT2D eigenvalue weighted by molar-refractivity contribution is 4.84. The molecular weight excluding hydrogens is 184 g/mol. The van der Waals surface area contributed by atoms with E-state index in [1.54, 1.807) is 0 Å². The average molecular weight is 212 g/mol. The van der Waals surface area contributed by atoms with Crippen LogP contribution in [0, 0.1) is 0 Å². The Bertz CT molecular complexity index is 135. The summed E-state index contributed by atoms with van der Waals surface area (Å²) in [5.41, 5.74) is 0.296. The van der Waals surface area contributed by atoms with Crippen molar-refractivity contribution in [3.63, 3.8) is 0 Å². The summed E-state index contributed by atoms with van der Waals surface area (Å²) in [6.45, 7) is 5.57. The molecule has 1 aliphatic rings. The molecular formula is C14H28O. The van der Waals surface area contributed by atoms with E-state index >= 15 is 0 Å². The molecule has 1 rings (SSSR count). The van der Waals surface area contributed by atoms with Gasteiger partial charge in [-0.2, -0.15) is 0 Å². The maximum atomic E-state index is 6.03. The van der Waals surface area contributed by atoms with Crippen molar-refractivity contribution in [2.45, 2.75) is 83.7 Å². The topological polar surface area (TPSA) is 9.23 Å². The zero-order valence-corrected chi connectivity index (χ0v) is 10.7. The van der Waals surface area contributed by atoms with Gasteiger partial charge in [0, 0.05) is 6.61 Å². The van der Waals surface area contributed by atoms with Gasteiger partial charge in [-0.05, 0) is 25.7 Å². The Morgan fingerprint density at radius 3 is 1.93 bits per heavy atom. The molecule has 0 aromatic heterocycles. The van der Waals surface area contributed by atoms with E-state index in [2.05, 4.69) is 13.8 Å². The average Bonchev–Trinajstić information content (AvgIpc) is 2.68. The second-order valence-corrected chi connectivity index (χ2v) is 5.05. The Labute approximate surface area is 95.6 Å². The predicted molar refractivity (Wildman–Crippen MR) is 66.2 cm³/mol. The fraction of sp³-hybridized carbons (Fsp3) is 1.00. The molecule has 1 saturated heterocycles. The van der Waals surface area contributed by atoms with Crippen LogP contribution in [0.4, 0.5) is 0 Å². The third kappa shape index (κ3) is 4.55. The van der Waals surface area contributed by atoms with E-state index in [4.69, 9.17) is 4.74 Å². The van der Waals surface area contributed by atoms with E-state index in [1.807, 2.05) is 0 Å². The van der Waals surface area contributed by atoms with Gasteiger partial charge in [0.15, 0.2) is 0 Å². The zero-order chi connectivity index (χ0) is 11.0. The largest absolute Gasteiger partial charge is 0.375 e. The van der Waals surface area contributed by atoms with Crippen molar-refractivity contribution in [1.82, 2.24) is 0 Å². The summed E-state index contributed by atoms with van der Waals surface area (Å²) in [6.07, 6.45) is 13.4. The van der Waals surface area contributed by atoms with Crippen molar-refractivity contribution in [2.75, 3.05) is 6.61 Å². The van der Waals surface area contributed by atoms with Gasteiger partial charge in [-0.3, -0.25) is 0 Å². The van der Waals surface area contributed by atoms with E-state index < -0.39 is 0 Å². The highest BCUT2D eigenvalue weighted by Gasteiger charge is 2.33. The van der Waals surface area contributed by atoms with Gasteiger partial charge < -0.3 is 4.74 Å². The second-order valence-electron chi connectivity index (χ2n) is 5.05. The van der Waals surface area contributed by atoms with E-state index in [-0.39, 0.29) is 0 Å². The van der Waals surface area contributed by atoms with Crippen molar-refractivity contribution < 1.29 is 4.74 Å². The van der Waals surface area contributed by atoms with Crippen LogP contribution in [0.3, 0.4) is 0 Å². The van der Waals surface area contributed by atoms with Gasteiger partial charge in [0.25, 0.3) is 0 Å². The Balaban J connectivity index is 2.26. The van der Waals surface area contributed by atoms with Gasteiger partial charge in [0.2, 0.25) is 0 Å². The Morgan fingerprint density at radius 1 is 0.933 bits per heavy atom. The van der Waals surface area contributed by atoms with Crippen LogP contribution in [0.25, 0.3) is 0 Å². The lowest BCUT2D eigenvalue weighted by molar-refractivity contribution is -0.0133. The van der Waals surface area contributed by atoms with E-state index in [0.29, 0.717) is 5.60 Å². The molecule has 0 bridgehead atoms. The number of ether oxygens (including phenoxy) is 1. The van der Waals surface area contributed by atoms with Crippen LogP contribution in [-0.4, -0.2) is 12.2 Å². The number of rotatable bonds is 8. The van der Waals surface area contributed by atoms with Gasteiger partial charge in [-0.1, -0.05) is 52.4 Å². The first-order chi connectivity index (χ1) is 7.33. The van der Waals surface area contributed by atoms with Crippen LogP contribution in [0.2, 0.25) is 0 Å². The highest BCUT2D eigenvalue weighted by Crippen LogP contribution is 2.35. The molecule has 0 spiro atoms. The monoisotopic (exact) mass is 212 g/mol. The number of unbranched alkanes of at least 4 members (excludes halogenated alkanes) is 4. The van der Waals surface area contributed by atoms with Crippen molar-refractivity contribution >= 4 is 0 Å². The van der Waals surface area contributed by atoms with Crippen molar-refractivity contribution in [2.24, 2.45) is 0 Å². The molecule has 0 aromatic carbocycles. The van der Waals surface area contributed by atoms with Gasteiger partial charge in [0.05, 0.1) is 5.60 Å². The number of hydrogen-bond acceptors (Lipinski definition) is 1. The van der Waals surface area contributed by atoms with Crippen LogP contribution in [0.5, 0.6) is 0 Å². The molecule has 1 heterocycles. The van der Waals surface area contributed by atoms with Crippen LogP contribution in [-0.2, 0) is 4.74 Å². The molecule has 0 atom stereocenters. The summed E-state index contributed by atoms with van der Waals surface area (Å²) < 4.78 is 6.03. The molecule has 1 aliphatic heterocycles. The molecule has 0 amide bonds. The zero-order valence-electron chi connectivity index (χ0n) is 10.7. The van der Waals surface area contributed by atoms with E-state index in [0.717, 1.165) is 6.61 Å². The molecule has 0 radical (unpaired) electrons. The SMILES string of the molecule is CCCCCC1(CCCCC)CCCO1. The molecule has 1 fully saturated rings. The van der Waals surface area contributed by atoms with E-state index in [9.17, 15) is 0 Å². The summed E-state index contributed by atoms with van der Waals surface area (Å²) in [7, 11) is 0.